The van der Waals surface area contributed by atoms with Gasteiger partial charge in [-0.05, 0) is 41.8 Å². The lowest BCUT2D eigenvalue weighted by atomic mass is 10.0. The van der Waals surface area contributed by atoms with E-state index >= 15 is 0 Å². The molecule has 0 bridgehead atoms. The van der Waals surface area contributed by atoms with Crippen molar-refractivity contribution < 1.29 is 24.6 Å². The molecule has 0 saturated carbocycles. The standard InChI is InChI=1S/C21H21N5O5/c1-2-14-15(20(29)30)4-3-5-16(14)25-21(31)24-13-8-6-12(7-9-13)10-26-11-23-19(28)17(26)18(22)27/h3-9,11,28H,2,10H2,1H3,(H2,22,27)(H,29,30)(H2,24,25,31). The third-order valence-corrected chi connectivity index (χ3v) is 4.62. The molecule has 31 heavy (non-hydrogen) atoms. The second-order valence-corrected chi connectivity index (χ2v) is 6.68. The number of carbonyl (C=O) groups is 3. The predicted molar refractivity (Wildman–Crippen MR) is 113 cm³/mol. The zero-order valence-corrected chi connectivity index (χ0v) is 16.6. The van der Waals surface area contributed by atoms with Crippen molar-refractivity contribution in [2.24, 2.45) is 5.73 Å². The number of amides is 3. The topological polar surface area (TPSA) is 160 Å². The number of carboxylic acid groups (broad SMARTS) is 1. The highest BCUT2D eigenvalue weighted by atomic mass is 16.4. The van der Waals surface area contributed by atoms with E-state index in [1.54, 1.807) is 36.4 Å². The van der Waals surface area contributed by atoms with E-state index in [1.165, 1.54) is 17.0 Å². The van der Waals surface area contributed by atoms with E-state index < -0.39 is 23.8 Å². The van der Waals surface area contributed by atoms with Crippen molar-refractivity contribution >= 4 is 29.3 Å². The molecule has 0 radical (unpaired) electrons. The van der Waals surface area contributed by atoms with Gasteiger partial charge >= 0.3 is 12.0 Å². The first-order valence-corrected chi connectivity index (χ1v) is 9.36. The normalized spacial score (nSPS) is 10.5. The maximum Gasteiger partial charge on any atom is 0.336 e. The number of anilines is 2. The number of nitrogens with two attached hydrogens (primary N) is 1. The van der Waals surface area contributed by atoms with Gasteiger partial charge < -0.3 is 31.1 Å². The van der Waals surface area contributed by atoms with Crippen LogP contribution in [-0.4, -0.2) is 37.7 Å². The molecule has 3 rings (SSSR count). The third-order valence-electron chi connectivity index (χ3n) is 4.62. The first-order chi connectivity index (χ1) is 14.8. The van der Waals surface area contributed by atoms with E-state index in [-0.39, 0.29) is 17.8 Å². The van der Waals surface area contributed by atoms with E-state index in [0.29, 0.717) is 23.4 Å². The lowest BCUT2D eigenvalue weighted by Crippen LogP contribution is -2.21. The van der Waals surface area contributed by atoms with Crippen molar-refractivity contribution in [2.75, 3.05) is 10.6 Å². The molecule has 6 N–H and O–H groups in total. The molecular formula is C21H21N5O5. The molecule has 0 spiro atoms. The van der Waals surface area contributed by atoms with Gasteiger partial charge in [0.15, 0.2) is 5.69 Å². The van der Waals surface area contributed by atoms with Gasteiger partial charge in [-0.15, -0.1) is 0 Å². The number of nitrogens with zero attached hydrogens (tertiary/aromatic N) is 2. The smallest absolute Gasteiger partial charge is 0.336 e. The van der Waals surface area contributed by atoms with Crippen molar-refractivity contribution in [1.82, 2.24) is 9.55 Å². The van der Waals surface area contributed by atoms with Crippen LogP contribution in [-0.2, 0) is 13.0 Å². The van der Waals surface area contributed by atoms with Gasteiger partial charge in [0.2, 0.25) is 5.88 Å². The number of nitrogens with one attached hydrogen (secondary N) is 2. The third kappa shape index (κ3) is 4.81. The Balaban J connectivity index is 1.68. The minimum absolute atomic E-state index is 0.0862. The van der Waals surface area contributed by atoms with Gasteiger partial charge in [-0.1, -0.05) is 25.1 Å². The number of hydrogen-bond donors (Lipinski definition) is 5. The molecule has 0 atom stereocenters. The zero-order valence-electron chi connectivity index (χ0n) is 16.6. The number of aromatic nitrogens is 2. The van der Waals surface area contributed by atoms with Crippen LogP contribution in [0.15, 0.2) is 48.8 Å². The lowest BCUT2D eigenvalue weighted by Gasteiger charge is -2.13. The highest BCUT2D eigenvalue weighted by molar-refractivity contribution is 6.01. The fourth-order valence-corrected chi connectivity index (χ4v) is 3.20. The maximum absolute atomic E-state index is 12.4. The highest BCUT2D eigenvalue weighted by Gasteiger charge is 2.16. The summed E-state index contributed by atoms with van der Waals surface area (Å²) >= 11 is 0. The maximum atomic E-state index is 12.4. The van der Waals surface area contributed by atoms with E-state index in [0.717, 1.165) is 5.56 Å². The molecule has 3 amide bonds. The molecule has 1 aromatic heterocycles. The zero-order chi connectivity index (χ0) is 22.5. The number of carbonyl (C=O) groups excluding carboxylic acids is 2. The summed E-state index contributed by atoms with van der Waals surface area (Å²) in [5, 5.41) is 24.3. The summed E-state index contributed by atoms with van der Waals surface area (Å²) in [4.78, 5) is 38.8. The summed E-state index contributed by atoms with van der Waals surface area (Å²) in [7, 11) is 0. The quantitative estimate of drug-likeness (QED) is 0.393. The molecule has 0 aliphatic heterocycles. The van der Waals surface area contributed by atoms with Crippen LogP contribution in [0.1, 0.15) is 38.9 Å². The number of rotatable bonds is 7. The Morgan fingerprint density at radius 3 is 2.42 bits per heavy atom. The predicted octanol–water partition coefficient (Wildman–Crippen LogP) is 2.64. The number of primary amides is 1. The summed E-state index contributed by atoms with van der Waals surface area (Å²) in [5.41, 5.74) is 7.57. The van der Waals surface area contributed by atoms with Crippen LogP contribution in [0.25, 0.3) is 0 Å². The molecule has 0 unspecified atom stereocenters. The summed E-state index contributed by atoms with van der Waals surface area (Å²) in [6, 6.07) is 11.0. The number of benzene rings is 2. The number of urea groups is 1. The molecular weight excluding hydrogens is 402 g/mol. The molecule has 0 saturated heterocycles. The summed E-state index contributed by atoms with van der Waals surface area (Å²) in [5.74, 6) is -2.27. The SMILES string of the molecule is CCc1c(NC(=O)Nc2ccc(Cn3cnc(O)c3C(N)=O)cc2)cccc1C(=O)O. The van der Waals surface area contributed by atoms with Gasteiger partial charge in [0.05, 0.1) is 11.9 Å². The van der Waals surface area contributed by atoms with Gasteiger partial charge in [-0.2, -0.15) is 0 Å². The fraction of sp³-hybridized carbons (Fsp3) is 0.143. The van der Waals surface area contributed by atoms with Crippen molar-refractivity contribution in [3.05, 3.63) is 71.2 Å². The van der Waals surface area contributed by atoms with Crippen molar-refractivity contribution in [3.63, 3.8) is 0 Å². The molecule has 0 aliphatic rings. The largest absolute Gasteiger partial charge is 0.492 e. The van der Waals surface area contributed by atoms with Crippen LogP contribution in [0.5, 0.6) is 5.88 Å². The highest BCUT2D eigenvalue weighted by Crippen LogP contribution is 2.22. The van der Waals surface area contributed by atoms with Gasteiger partial charge in [0, 0.05) is 17.9 Å². The number of imidazole rings is 1. The minimum atomic E-state index is -1.05. The molecule has 2 aromatic carbocycles. The average Bonchev–Trinajstić information content (AvgIpc) is 3.09. The van der Waals surface area contributed by atoms with Crippen LogP contribution in [0, 0.1) is 0 Å². The molecule has 10 nitrogen and oxygen atoms in total. The molecule has 0 fully saturated rings. The van der Waals surface area contributed by atoms with Gasteiger partial charge in [-0.25, -0.2) is 14.6 Å². The van der Waals surface area contributed by atoms with Crippen molar-refractivity contribution in [1.29, 1.82) is 0 Å². The van der Waals surface area contributed by atoms with Gasteiger partial charge in [0.25, 0.3) is 5.91 Å². The molecule has 0 aliphatic carbocycles. The average molecular weight is 423 g/mol. The first-order valence-electron chi connectivity index (χ1n) is 9.36. The number of aromatic hydroxyl groups is 1. The summed E-state index contributed by atoms with van der Waals surface area (Å²) in [6.07, 6.45) is 1.76. The molecule has 160 valence electrons. The number of aromatic carboxylic acids is 1. The Labute approximate surface area is 177 Å². The van der Waals surface area contributed by atoms with Gasteiger partial charge in [0.1, 0.15) is 0 Å². The van der Waals surface area contributed by atoms with Crippen LogP contribution in [0.3, 0.4) is 0 Å². The van der Waals surface area contributed by atoms with Crippen LogP contribution in [0.4, 0.5) is 16.2 Å². The van der Waals surface area contributed by atoms with Crippen LogP contribution >= 0.6 is 0 Å². The Morgan fingerprint density at radius 1 is 1.10 bits per heavy atom. The molecule has 1 heterocycles. The number of hydrogen-bond acceptors (Lipinski definition) is 5. The summed E-state index contributed by atoms with van der Waals surface area (Å²) in [6.45, 7) is 2.06. The fourth-order valence-electron chi connectivity index (χ4n) is 3.20. The monoisotopic (exact) mass is 423 g/mol. The minimum Gasteiger partial charge on any atom is -0.492 e. The van der Waals surface area contributed by atoms with Crippen LogP contribution in [0.2, 0.25) is 0 Å². The molecule has 10 heteroatoms. The first kappa shape index (κ1) is 21.4. The van der Waals surface area contributed by atoms with Gasteiger partial charge in [-0.3, -0.25) is 4.79 Å². The van der Waals surface area contributed by atoms with E-state index in [9.17, 15) is 24.6 Å². The van der Waals surface area contributed by atoms with E-state index in [2.05, 4.69) is 15.6 Å². The van der Waals surface area contributed by atoms with Crippen molar-refractivity contribution in [2.45, 2.75) is 19.9 Å². The van der Waals surface area contributed by atoms with E-state index in [1.807, 2.05) is 6.92 Å². The Morgan fingerprint density at radius 2 is 1.81 bits per heavy atom. The second kappa shape index (κ2) is 8.99. The Hall–Kier alpha value is -4.34. The molecule has 3 aromatic rings. The lowest BCUT2D eigenvalue weighted by molar-refractivity contribution is 0.0695. The second-order valence-electron chi connectivity index (χ2n) is 6.68. The Kier molecular flexibility index (Phi) is 6.20. The van der Waals surface area contributed by atoms with E-state index in [4.69, 9.17) is 5.73 Å². The summed E-state index contributed by atoms with van der Waals surface area (Å²) < 4.78 is 1.43. The van der Waals surface area contributed by atoms with Crippen LogP contribution < -0.4 is 16.4 Å². The van der Waals surface area contributed by atoms with Crippen molar-refractivity contribution in [3.8, 4) is 5.88 Å². The Bertz CT molecular complexity index is 1140. The number of carboxylic acids is 1.